The van der Waals surface area contributed by atoms with E-state index in [1.54, 1.807) is 0 Å². The van der Waals surface area contributed by atoms with Crippen molar-refractivity contribution in [3.8, 4) is 5.75 Å². The average Bonchev–Trinajstić information content (AvgIpc) is 2.53. The van der Waals surface area contributed by atoms with E-state index < -0.39 is 0 Å². The highest BCUT2D eigenvalue weighted by molar-refractivity contribution is 5.87. The minimum Gasteiger partial charge on any atom is -0.494 e. The SMILES string of the molecule is CCCOc1ccc2cc(C3=CCC(C)CC3)ccc2c1. The topological polar surface area (TPSA) is 9.23 Å². The Morgan fingerprint density at radius 1 is 1.10 bits per heavy atom. The second kappa shape index (κ2) is 6.34. The molecule has 1 aliphatic rings. The van der Waals surface area contributed by atoms with Gasteiger partial charge in [0.05, 0.1) is 6.61 Å². The maximum absolute atomic E-state index is 5.71. The molecule has 0 radical (unpaired) electrons. The van der Waals surface area contributed by atoms with Crippen LogP contribution in [0.25, 0.3) is 16.3 Å². The highest BCUT2D eigenvalue weighted by atomic mass is 16.5. The zero-order chi connectivity index (χ0) is 14.7. The van der Waals surface area contributed by atoms with Gasteiger partial charge < -0.3 is 4.74 Å². The van der Waals surface area contributed by atoms with Crippen LogP contribution < -0.4 is 4.74 Å². The van der Waals surface area contributed by atoms with E-state index in [0.29, 0.717) is 0 Å². The summed E-state index contributed by atoms with van der Waals surface area (Å²) in [6, 6.07) is 13.2. The van der Waals surface area contributed by atoms with Crippen molar-refractivity contribution >= 4 is 16.3 Å². The molecule has 1 unspecified atom stereocenters. The van der Waals surface area contributed by atoms with Crippen LogP contribution in [0.1, 0.15) is 45.1 Å². The molecule has 1 atom stereocenters. The van der Waals surface area contributed by atoms with Crippen molar-refractivity contribution in [2.24, 2.45) is 5.92 Å². The van der Waals surface area contributed by atoms with Crippen molar-refractivity contribution in [2.45, 2.75) is 39.5 Å². The van der Waals surface area contributed by atoms with E-state index in [2.05, 4.69) is 56.3 Å². The molecule has 3 rings (SSSR count). The van der Waals surface area contributed by atoms with Gasteiger partial charge in [0.2, 0.25) is 0 Å². The maximum atomic E-state index is 5.71. The zero-order valence-electron chi connectivity index (χ0n) is 13.1. The number of hydrogen-bond donors (Lipinski definition) is 0. The first-order valence-electron chi connectivity index (χ1n) is 8.12. The van der Waals surface area contributed by atoms with E-state index in [9.17, 15) is 0 Å². The Hall–Kier alpha value is -1.76. The van der Waals surface area contributed by atoms with Gasteiger partial charge in [0.15, 0.2) is 0 Å². The molecule has 0 bridgehead atoms. The average molecular weight is 280 g/mol. The van der Waals surface area contributed by atoms with Gasteiger partial charge >= 0.3 is 0 Å². The normalized spacial score (nSPS) is 18.6. The van der Waals surface area contributed by atoms with E-state index in [1.807, 2.05) is 0 Å². The Bertz CT molecular complexity index is 654. The van der Waals surface area contributed by atoms with Crippen molar-refractivity contribution in [3.63, 3.8) is 0 Å². The van der Waals surface area contributed by atoms with Gasteiger partial charge in [-0.1, -0.05) is 38.1 Å². The molecule has 0 amide bonds. The lowest BCUT2D eigenvalue weighted by Crippen LogP contribution is -2.00. The number of allylic oxidation sites excluding steroid dienone is 2. The molecule has 0 saturated carbocycles. The third kappa shape index (κ3) is 3.29. The second-order valence-electron chi connectivity index (χ2n) is 6.18. The van der Waals surface area contributed by atoms with E-state index in [1.165, 1.54) is 41.2 Å². The van der Waals surface area contributed by atoms with Gasteiger partial charge in [0.1, 0.15) is 5.75 Å². The monoisotopic (exact) mass is 280 g/mol. The van der Waals surface area contributed by atoms with Crippen molar-refractivity contribution in [1.82, 2.24) is 0 Å². The van der Waals surface area contributed by atoms with Gasteiger partial charge in [0.25, 0.3) is 0 Å². The predicted octanol–water partition coefficient (Wildman–Crippen LogP) is 5.83. The molecule has 0 saturated heterocycles. The maximum Gasteiger partial charge on any atom is 0.119 e. The summed E-state index contributed by atoms with van der Waals surface area (Å²) in [4.78, 5) is 0. The first kappa shape index (κ1) is 14.2. The Balaban J connectivity index is 1.87. The van der Waals surface area contributed by atoms with Crippen LogP contribution in [0.2, 0.25) is 0 Å². The molecule has 0 N–H and O–H groups in total. The van der Waals surface area contributed by atoms with Gasteiger partial charge in [-0.2, -0.15) is 0 Å². The first-order valence-corrected chi connectivity index (χ1v) is 8.12. The molecule has 0 spiro atoms. The highest BCUT2D eigenvalue weighted by Crippen LogP contribution is 2.32. The summed E-state index contributed by atoms with van der Waals surface area (Å²) >= 11 is 0. The minimum absolute atomic E-state index is 0.786. The molecule has 1 nitrogen and oxygen atoms in total. The summed E-state index contributed by atoms with van der Waals surface area (Å²) in [5.74, 6) is 1.82. The fraction of sp³-hybridized carbons (Fsp3) is 0.400. The Kier molecular flexibility index (Phi) is 4.28. The van der Waals surface area contributed by atoms with Crippen LogP contribution in [-0.4, -0.2) is 6.61 Å². The first-order chi connectivity index (χ1) is 10.3. The van der Waals surface area contributed by atoms with Gasteiger partial charge in [-0.05, 0) is 71.7 Å². The second-order valence-corrected chi connectivity index (χ2v) is 6.18. The standard InChI is InChI=1S/C20H24O/c1-3-12-21-20-11-10-18-13-17(8-9-19(18)14-20)16-6-4-15(2)5-7-16/h6,8-11,13-15H,3-5,7,12H2,1-2H3. The van der Waals surface area contributed by atoms with Crippen molar-refractivity contribution < 1.29 is 4.74 Å². The van der Waals surface area contributed by atoms with Gasteiger partial charge in [-0.15, -0.1) is 0 Å². The lowest BCUT2D eigenvalue weighted by molar-refractivity contribution is 0.318. The van der Waals surface area contributed by atoms with Crippen molar-refractivity contribution in [3.05, 3.63) is 48.0 Å². The summed E-state index contributed by atoms with van der Waals surface area (Å²) in [5.41, 5.74) is 2.90. The molecule has 0 aliphatic heterocycles. The van der Waals surface area contributed by atoms with Crippen molar-refractivity contribution in [2.75, 3.05) is 6.61 Å². The Morgan fingerprint density at radius 3 is 2.67 bits per heavy atom. The van der Waals surface area contributed by atoms with Crippen LogP contribution in [0, 0.1) is 5.92 Å². The van der Waals surface area contributed by atoms with Crippen molar-refractivity contribution in [1.29, 1.82) is 0 Å². The number of rotatable bonds is 4. The third-order valence-electron chi connectivity index (χ3n) is 4.33. The largest absolute Gasteiger partial charge is 0.494 e. The highest BCUT2D eigenvalue weighted by Gasteiger charge is 2.11. The van der Waals surface area contributed by atoms with Crippen LogP contribution in [-0.2, 0) is 0 Å². The molecule has 110 valence electrons. The molecular formula is C20H24O. The third-order valence-corrected chi connectivity index (χ3v) is 4.33. The molecule has 1 aliphatic carbocycles. The van der Waals surface area contributed by atoms with Crippen LogP contribution in [0.4, 0.5) is 0 Å². The van der Waals surface area contributed by atoms with Gasteiger partial charge in [-0.3, -0.25) is 0 Å². The quantitative estimate of drug-likeness (QED) is 0.684. The molecule has 2 aromatic carbocycles. The molecule has 21 heavy (non-hydrogen) atoms. The minimum atomic E-state index is 0.786. The van der Waals surface area contributed by atoms with Crippen LogP contribution in [0.5, 0.6) is 5.75 Å². The Labute approximate surface area is 127 Å². The smallest absolute Gasteiger partial charge is 0.119 e. The molecule has 1 heteroatoms. The van der Waals surface area contributed by atoms with E-state index in [4.69, 9.17) is 4.74 Å². The fourth-order valence-electron chi connectivity index (χ4n) is 2.96. The molecule has 0 fully saturated rings. The van der Waals surface area contributed by atoms with E-state index in [-0.39, 0.29) is 0 Å². The summed E-state index contributed by atoms with van der Waals surface area (Å²) in [6.07, 6.45) is 7.22. The predicted molar refractivity (Wildman–Crippen MR) is 90.7 cm³/mol. The van der Waals surface area contributed by atoms with Gasteiger partial charge in [0, 0.05) is 0 Å². The summed E-state index contributed by atoms with van der Waals surface area (Å²) in [7, 11) is 0. The summed E-state index contributed by atoms with van der Waals surface area (Å²) in [6.45, 7) is 5.26. The molecule has 0 aromatic heterocycles. The number of hydrogen-bond acceptors (Lipinski definition) is 1. The number of benzene rings is 2. The summed E-state index contributed by atoms with van der Waals surface area (Å²) in [5, 5.41) is 2.56. The lowest BCUT2D eigenvalue weighted by Gasteiger charge is -2.18. The van der Waals surface area contributed by atoms with Crippen LogP contribution in [0.15, 0.2) is 42.5 Å². The number of fused-ring (bicyclic) bond motifs is 1. The summed E-state index contributed by atoms with van der Waals surface area (Å²) < 4.78 is 5.71. The van der Waals surface area contributed by atoms with Crippen LogP contribution >= 0.6 is 0 Å². The Morgan fingerprint density at radius 2 is 1.90 bits per heavy atom. The fourth-order valence-corrected chi connectivity index (χ4v) is 2.96. The molecule has 0 heterocycles. The van der Waals surface area contributed by atoms with Gasteiger partial charge in [-0.25, -0.2) is 0 Å². The lowest BCUT2D eigenvalue weighted by atomic mass is 9.87. The molecular weight excluding hydrogens is 256 g/mol. The molecule has 2 aromatic rings. The van der Waals surface area contributed by atoms with Crippen LogP contribution in [0.3, 0.4) is 0 Å². The zero-order valence-corrected chi connectivity index (χ0v) is 13.1. The van der Waals surface area contributed by atoms with E-state index in [0.717, 1.165) is 24.7 Å². The number of ether oxygens (including phenoxy) is 1. The van der Waals surface area contributed by atoms with E-state index >= 15 is 0 Å².